The van der Waals surface area contributed by atoms with E-state index in [0.717, 1.165) is 31.6 Å². The number of hydrogen-bond acceptors (Lipinski definition) is 5. The van der Waals surface area contributed by atoms with Crippen molar-refractivity contribution in [3.63, 3.8) is 0 Å². The van der Waals surface area contributed by atoms with E-state index in [0.29, 0.717) is 6.54 Å². The normalized spacial score (nSPS) is 29.6. The minimum absolute atomic E-state index is 0.0234. The van der Waals surface area contributed by atoms with E-state index in [1.54, 1.807) is 24.5 Å². The first-order valence-electron chi connectivity index (χ1n) is 8.18. The number of rotatable bonds is 5. The van der Waals surface area contributed by atoms with Gasteiger partial charge in [0.05, 0.1) is 11.9 Å². The van der Waals surface area contributed by atoms with Gasteiger partial charge in [-0.25, -0.2) is 8.42 Å². The number of aromatic nitrogens is 1. The molecule has 0 spiro atoms. The number of nitrogens with zero attached hydrogens (tertiary/aromatic N) is 3. The lowest BCUT2D eigenvalue weighted by atomic mass is 9.91. The maximum atomic E-state index is 12.4. The summed E-state index contributed by atoms with van der Waals surface area (Å²) in [6.07, 6.45) is 4.56. The van der Waals surface area contributed by atoms with Crippen LogP contribution in [0.4, 0.5) is 0 Å². The maximum Gasteiger partial charge on any atom is 0.214 e. The molecule has 6 nitrogen and oxygen atoms in total. The van der Waals surface area contributed by atoms with E-state index < -0.39 is 10.0 Å². The quantitative estimate of drug-likeness (QED) is 0.799. The molecule has 2 aliphatic rings. The summed E-state index contributed by atoms with van der Waals surface area (Å²) in [6, 6.07) is 4.02. The Bertz CT molecular complexity index is 623. The van der Waals surface area contributed by atoms with Gasteiger partial charge >= 0.3 is 0 Å². The van der Waals surface area contributed by atoms with Gasteiger partial charge in [-0.15, -0.1) is 0 Å². The Kier molecular flexibility index (Phi) is 5.01. The van der Waals surface area contributed by atoms with Crippen molar-refractivity contribution in [2.45, 2.75) is 32.0 Å². The first-order chi connectivity index (χ1) is 11.0. The average molecular weight is 339 g/mol. The Balaban J connectivity index is 1.78. The highest BCUT2D eigenvalue weighted by molar-refractivity contribution is 7.89. The summed E-state index contributed by atoms with van der Waals surface area (Å²) in [5, 5.41) is 0. The molecular weight excluding hydrogens is 314 g/mol. The van der Waals surface area contributed by atoms with Gasteiger partial charge in [-0.3, -0.25) is 9.88 Å². The molecule has 0 bridgehead atoms. The lowest BCUT2D eigenvalue weighted by molar-refractivity contribution is 0.00232. The topological polar surface area (TPSA) is 62.7 Å². The third kappa shape index (κ3) is 3.42. The minimum atomic E-state index is -3.16. The lowest BCUT2D eigenvalue weighted by Gasteiger charge is -2.39. The molecular formula is C16H25N3O3S. The summed E-state index contributed by atoms with van der Waals surface area (Å²) >= 11 is 0. The molecule has 0 N–H and O–H groups in total. The fourth-order valence-corrected chi connectivity index (χ4v) is 5.23. The summed E-state index contributed by atoms with van der Waals surface area (Å²) in [6.45, 7) is 4.72. The van der Waals surface area contributed by atoms with E-state index in [9.17, 15) is 8.42 Å². The van der Waals surface area contributed by atoms with Crippen LogP contribution in [0.3, 0.4) is 0 Å². The van der Waals surface area contributed by atoms with Gasteiger partial charge in [0.25, 0.3) is 0 Å². The molecule has 0 radical (unpaired) electrons. The highest BCUT2D eigenvalue weighted by Gasteiger charge is 2.47. The van der Waals surface area contributed by atoms with Crippen molar-refractivity contribution in [1.82, 2.24) is 14.2 Å². The van der Waals surface area contributed by atoms with Gasteiger partial charge in [-0.05, 0) is 25.0 Å². The third-order valence-electron chi connectivity index (χ3n) is 5.04. The van der Waals surface area contributed by atoms with Gasteiger partial charge < -0.3 is 4.74 Å². The standard InChI is InChI=1S/C16H25N3O3S/c1-3-23(20,21)19-8-6-16(22-2)14-11-18(12-15(14)19)10-13-5-4-7-17-9-13/h4-5,7,9,14-16H,3,6,8,10-12H2,1-2H3/t14-,15+,16-/m0/s1. The molecule has 2 aliphatic heterocycles. The van der Waals surface area contributed by atoms with Crippen LogP contribution in [0.15, 0.2) is 24.5 Å². The average Bonchev–Trinajstić information content (AvgIpc) is 2.98. The van der Waals surface area contributed by atoms with Crippen LogP contribution >= 0.6 is 0 Å². The first kappa shape index (κ1) is 16.8. The molecule has 7 heteroatoms. The predicted molar refractivity (Wildman–Crippen MR) is 88.4 cm³/mol. The van der Waals surface area contributed by atoms with Crippen LogP contribution in [0.25, 0.3) is 0 Å². The lowest BCUT2D eigenvalue weighted by Crippen LogP contribution is -2.53. The monoisotopic (exact) mass is 339 g/mol. The van der Waals surface area contributed by atoms with Crippen molar-refractivity contribution in [2.24, 2.45) is 5.92 Å². The van der Waals surface area contributed by atoms with Gasteiger partial charge in [0.1, 0.15) is 0 Å². The molecule has 0 amide bonds. The van der Waals surface area contributed by atoms with Gasteiger partial charge in [-0.1, -0.05) is 6.07 Å². The van der Waals surface area contributed by atoms with Crippen LogP contribution in [0.5, 0.6) is 0 Å². The summed E-state index contributed by atoms with van der Waals surface area (Å²) in [5.74, 6) is 0.406. The van der Waals surface area contributed by atoms with Gasteiger partial charge in [-0.2, -0.15) is 4.31 Å². The molecule has 0 aliphatic carbocycles. The fourth-order valence-electron chi connectivity index (χ4n) is 3.88. The van der Waals surface area contributed by atoms with Gasteiger partial charge in [0.15, 0.2) is 0 Å². The number of piperidine rings is 1. The van der Waals surface area contributed by atoms with Crippen molar-refractivity contribution in [1.29, 1.82) is 0 Å². The van der Waals surface area contributed by atoms with Crippen molar-refractivity contribution >= 4 is 10.0 Å². The second kappa shape index (κ2) is 6.84. The molecule has 2 fully saturated rings. The second-order valence-corrected chi connectivity index (χ2v) is 8.57. The summed E-state index contributed by atoms with van der Waals surface area (Å²) < 4.78 is 32.2. The zero-order valence-corrected chi connectivity index (χ0v) is 14.6. The first-order valence-corrected chi connectivity index (χ1v) is 9.79. The Labute approximate surface area is 138 Å². The molecule has 0 unspecified atom stereocenters. The smallest absolute Gasteiger partial charge is 0.214 e. The Morgan fingerprint density at radius 1 is 1.39 bits per heavy atom. The van der Waals surface area contributed by atoms with Crippen molar-refractivity contribution in [3.8, 4) is 0 Å². The number of sulfonamides is 1. The number of ether oxygens (including phenoxy) is 1. The maximum absolute atomic E-state index is 12.4. The molecule has 3 heterocycles. The fraction of sp³-hybridized carbons (Fsp3) is 0.688. The van der Waals surface area contributed by atoms with Crippen LogP contribution in [-0.2, 0) is 21.3 Å². The molecule has 23 heavy (non-hydrogen) atoms. The van der Waals surface area contributed by atoms with Crippen LogP contribution in [0.2, 0.25) is 0 Å². The zero-order valence-electron chi connectivity index (χ0n) is 13.8. The van der Waals surface area contributed by atoms with E-state index in [4.69, 9.17) is 4.74 Å². The minimum Gasteiger partial charge on any atom is -0.381 e. The molecule has 0 saturated carbocycles. The number of methoxy groups -OCH3 is 1. The Morgan fingerprint density at radius 2 is 2.22 bits per heavy atom. The van der Waals surface area contributed by atoms with Crippen molar-refractivity contribution < 1.29 is 13.2 Å². The van der Waals surface area contributed by atoms with E-state index in [1.165, 1.54) is 0 Å². The van der Waals surface area contributed by atoms with Crippen LogP contribution in [0.1, 0.15) is 18.9 Å². The molecule has 0 aromatic carbocycles. The van der Waals surface area contributed by atoms with E-state index in [1.807, 2.05) is 12.3 Å². The third-order valence-corrected chi connectivity index (χ3v) is 6.94. The van der Waals surface area contributed by atoms with E-state index in [2.05, 4.69) is 16.0 Å². The Hall–Kier alpha value is -1.02. The van der Waals surface area contributed by atoms with Gasteiger partial charge in [0.2, 0.25) is 10.0 Å². The summed E-state index contributed by atoms with van der Waals surface area (Å²) in [7, 11) is -1.43. The number of pyridine rings is 1. The van der Waals surface area contributed by atoms with Crippen LogP contribution in [-0.4, -0.2) is 67.2 Å². The SMILES string of the molecule is CCS(=O)(=O)N1CC[C@H](OC)[C@H]2CN(Cc3cccnc3)C[C@H]21. The molecule has 3 rings (SSSR count). The molecule has 1 aromatic heterocycles. The molecule has 3 atom stereocenters. The zero-order chi connectivity index (χ0) is 16.4. The summed E-state index contributed by atoms with van der Waals surface area (Å²) in [5.41, 5.74) is 1.16. The largest absolute Gasteiger partial charge is 0.381 e. The predicted octanol–water partition coefficient (Wildman–Crippen LogP) is 0.952. The van der Waals surface area contributed by atoms with Crippen LogP contribution in [0, 0.1) is 5.92 Å². The van der Waals surface area contributed by atoms with E-state index in [-0.39, 0.29) is 23.8 Å². The van der Waals surface area contributed by atoms with Crippen molar-refractivity contribution in [3.05, 3.63) is 30.1 Å². The second-order valence-electron chi connectivity index (χ2n) is 6.36. The molecule has 128 valence electrons. The number of likely N-dealkylation sites (tertiary alicyclic amines) is 1. The van der Waals surface area contributed by atoms with Crippen molar-refractivity contribution in [2.75, 3.05) is 32.5 Å². The van der Waals surface area contributed by atoms with E-state index >= 15 is 0 Å². The summed E-state index contributed by atoms with van der Waals surface area (Å²) in [4.78, 5) is 6.48. The highest BCUT2D eigenvalue weighted by Crippen LogP contribution is 2.34. The molecule has 2 saturated heterocycles. The highest BCUT2D eigenvalue weighted by atomic mass is 32.2. The van der Waals surface area contributed by atoms with Gasteiger partial charge in [0, 0.05) is 57.6 Å². The van der Waals surface area contributed by atoms with Crippen LogP contribution < -0.4 is 0 Å². The number of fused-ring (bicyclic) bond motifs is 1. The number of hydrogen-bond donors (Lipinski definition) is 0. The Morgan fingerprint density at radius 3 is 2.87 bits per heavy atom. The molecule has 1 aromatic rings.